The summed E-state index contributed by atoms with van der Waals surface area (Å²) in [5.74, 6) is -0.322. The number of carbonyl (C=O) groups is 2. The molecule has 8 nitrogen and oxygen atoms in total. The van der Waals surface area contributed by atoms with Crippen molar-refractivity contribution in [2.75, 3.05) is 11.9 Å². The molecular weight excluding hydrogens is 346 g/mol. The summed E-state index contributed by atoms with van der Waals surface area (Å²) in [6.07, 6.45) is 0.644. The number of rotatable bonds is 7. The van der Waals surface area contributed by atoms with Crippen LogP contribution in [0.15, 0.2) is 35.1 Å². The minimum atomic E-state index is -0.658. The molecule has 0 aliphatic carbocycles. The van der Waals surface area contributed by atoms with Crippen LogP contribution in [0.3, 0.4) is 0 Å². The molecule has 2 rings (SSSR count). The van der Waals surface area contributed by atoms with Gasteiger partial charge in [0.15, 0.2) is 0 Å². The maximum absolute atomic E-state index is 12.1. The molecule has 2 aromatic rings. The van der Waals surface area contributed by atoms with Crippen LogP contribution in [-0.4, -0.2) is 34.4 Å². The Balaban J connectivity index is 2.05. The molecule has 144 valence electrons. The maximum Gasteiger partial charge on any atom is 0.251 e. The maximum atomic E-state index is 12.1. The van der Waals surface area contributed by atoms with E-state index in [1.54, 1.807) is 24.3 Å². The summed E-state index contributed by atoms with van der Waals surface area (Å²) in [5, 5.41) is 5.22. The van der Waals surface area contributed by atoms with Gasteiger partial charge in [0.1, 0.15) is 5.82 Å². The SMILES string of the molecule is CCc1cc(=O)[nH]c(-c2cccc(NC(=O)CNC(=O)[C@@H](N)C(C)C)c2)n1. The van der Waals surface area contributed by atoms with Crippen molar-refractivity contribution in [3.05, 3.63) is 46.4 Å². The Hall–Kier alpha value is -3.00. The molecule has 1 heterocycles. The highest BCUT2D eigenvalue weighted by molar-refractivity contribution is 5.95. The van der Waals surface area contributed by atoms with Gasteiger partial charge in [0.05, 0.1) is 12.6 Å². The number of carbonyl (C=O) groups excluding carboxylic acids is 2. The third-order valence-corrected chi connectivity index (χ3v) is 4.02. The van der Waals surface area contributed by atoms with Gasteiger partial charge >= 0.3 is 0 Å². The van der Waals surface area contributed by atoms with E-state index in [1.807, 2.05) is 20.8 Å². The third kappa shape index (κ3) is 5.75. The first-order valence-corrected chi connectivity index (χ1v) is 8.84. The van der Waals surface area contributed by atoms with Crippen LogP contribution < -0.4 is 21.9 Å². The number of H-pyrrole nitrogens is 1. The lowest BCUT2D eigenvalue weighted by Crippen LogP contribution is -2.46. The van der Waals surface area contributed by atoms with E-state index in [0.29, 0.717) is 29.2 Å². The van der Waals surface area contributed by atoms with Crippen LogP contribution in [0.25, 0.3) is 11.4 Å². The van der Waals surface area contributed by atoms with Crippen LogP contribution in [0, 0.1) is 5.92 Å². The topological polar surface area (TPSA) is 130 Å². The molecule has 1 atom stereocenters. The largest absolute Gasteiger partial charge is 0.346 e. The fourth-order valence-electron chi connectivity index (χ4n) is 2.36. The number of nitrogens with zero attached hydrogens (tertiary/aromatic N) is 1. The zero-order valence-corrected chi connectivity index (χ0v) is 15.7. The number of aryl methyl sites for hydroxylation is 1. The van der Waals surface area contributed by atoms with Crippen molar-refractivity contribution < 1.29 is 9.59 Å². The number of aromatic nitrogens is 2. The van der Waals surface area contributed by atoms with Gasteiger partial charge in [-0.3, -0.25) is 14.4 Å². The highest BCUT2D eigenvalue weighted by Crippen LogP contribution is 2.18. The zero-order valence-electron chi connectivity index (χ0n) is 15.7. The summed E-state index contributed by atoms with van der Waals surface area (Å²) in [5.41, 5.74) is 7.40. The van der Waals surface area contributed by atoms with Crippen molar-refractivity contribution in [1.29, 1.82) is 0 Å². The van der Waals surface area contributed by atoms with Crippen LogP contribution in [-0.2, 0) is 16.0 Å². The van der Waals surface area contributed by atoms with Gasteiger partial charge in [-0.15, -0.1) is 0 Å². The van der Waals surface area contributed by atoms with Crippen LogP contribution >= 0.6 is 0 Å². The van der Waals surface area contributed by atoms with E-state index in [9.17, 15) is 14.4 Å². The molecular formula is C19H25N5O3. The van der Waals surface area contributed by atoms with Crippen LogP contribution in [0.4, 0.5) is 5.69 Å². The van der Waals surface area contributed by atoms with E-state index in [4.69, 9.17) is 5.73 Å². The molecule has 0 saturated carbocycles. The van der Waals surface area contributed by atoms with E-state index >= 15 is 0 Å². The second-order valence-corrected chi connectivity index (χ2v) is 6.56. The standard InChI is InChI=1S/C19H25N5O3/c1-4-13-9-15(25)24-18(23-13)12-6-5-7-14(8-12)22-16(26)10-21-19(27)17(20)11(2)3/h5-9,11,17H,4,10,20H2,1-3H3,(H,21,27)(H,22,26)(H,23,24,25)/t17-/m0/s1. The summed E-state index contributed by atoms with van der Waals surface area (Å²) < 4.78 is 0. The fraction of sp³-hybridized carbons (Fsp3) is 0.368. The molecule has 1 aromatic carbocycles. The average molecular weight is 371 g/mol. The molecule has 0 bridgehead atoms. The lowest BCUT2D eigenvalue weighted by molar-refractivity contribution is -0.125. The van der Waals surface area contributed by atoms with Crippen molar-refractivity contribution in [2.24, 2.45) is 11.7 Å². The lowest BCUT2D eigenvalue weighted by atomic mass is 10.1. The van der Waals surface area contributed by atoms with E-state index in [1.165, 1.54) is 6.07 Å². The summed E-state index contributed by atoms with van der Waals surface area (Å²) in [7, 11) is 0. The number of aromatic amines is 1. The normalized spacial score (nSPS) is 11.9. The highest BCUT2D eigenvalue weighted by atomic mass is 16.2. The van der Waals surface area contributed by atoms with Gasteiger partial charge in [-0.25, -0.2) is 4.98 Å². The highest BCUT2D eigenvalue weighted by Gasteiger charge is 2.17. The predicted octanol–water partition coefficient (Wildman–Crippen LogP) is 1.04. The van der Waals surface area contributed by atoms with E-state index in [2.05, 4.69) is 20.6 Å². The van der Waals surface area contributed by atoms with Crippen molar-refractivity contribution in [3.63, 3.8) is 0 Å². The van der Waals surface area contributed by atoms with E-state index < -0.39 is 6.04 Å². The molecule has 0 spiro atoms. The Morgan fingerprint density at radius 3 is 2.67 bits per heavy atom. The minimum absolute atomic E-state index is 0.0155. The molecule has 8 heteroatoms. The second kappa shape index (κ2) is 9.09. The van der Waals surface area contributed by atoms with E-state index in [0.717, 1.165) is 0 Å². The van der Waals surface area contributed by atoms with E-state index in [-0.39, 0.29) is 29.8 Å². The number of anilines is 1. The summed E-state index contributed by atoms with van der Waals surface area (Å²) in [4.78, 5) is 42.7. The molecule has 0 fully saturated rings. The van der Waals surface area contributed by atoms with Gasteiger partial charge in [0.25, 0.3) is 5.56 Å². The second-order valence-electron chi connectivity index (χ2n) is 6.56. The third-order valence-electron chi connectivity index (χ3n) is 4.02. The van der Waals surface area contributed by atoms with Crippen LogP contribution in [0.1, 0.15) is 26.5 Å². The Morgan fingerprint density at radius 2 is 2.00 bits per heavy atom. The molecule has 0 radical (unpaired) electrons. The molecule has 27 heavy (non-hydrogen) atoms. The van der Waals surface area contributed by atoms with Crippen molar-refractivity contribution >= 4 is 17.5 Å². The Labute approximate surface area is 157 Å². The summed E-state index contributed by atoms with van der Waals surface area (Å²) in [6.45, 7) is 5.41. The van der Waals surface area contributed by atoms with Crippen LogP contribution in [0.2, 0.25) is 0 Å². The van der Waals surface area contributed by atoms with Gasteiger partial charge in [-0.2, -0.15) is 0 Å². The number of nitrogens with one attached hydrogen (secondary N) is 3. The van der Waals surface area contributed by atoms with Gasteiger partial charge in [-0.1, -0.05) is 32.9 Å². The van der Waals surface area contributed by atoms with Gasteiger partial charge in [-0.05, 0) is 24.5 Å². The molecule has 0 aliphatic heterocycles. The zero-order chi connectivity index (χ0) is 20.0. The van der Waals surface area contributed by atoms with Crippen LogP contribution in [0.5, 0.6) is 0 Å². The molecule has 0 aliphatic rings. The molecule has 0 saturated heterocycles. The smallest absolute Gasteiger partial charge is 0.251 e. The van der Waals surface area contributed by atoms with Crippen molar-refractivity contribution in [3.8, 4) is 11.4 Å². The molecule has 2 amide bonds. The first kappa shape index (κ1) is 20.3. The minimum Gasteiger partial charge on any atom is -0.346 e. The summed E-state index contributed by atoms with van der Waals surface area (Å²) in [6, 6.07) is 7.75. The first-order valence-electron chi connectivity index (χ1n) is 8.84. The fourth-order valence-corrected chi connectivity index (χ4v) is 2.36. The monoisotopic (exact) mass is 371 g/mol. The number of hydrogen-bond donors (Lipinski definition) is 4. The number of hydrogen-bond acceptors (Lipinski definition) is 5. The average Bonchev–Trinajstić information content (AvgIpc) is 2.65. The Morgan fingerprint density at radius 1 is 1.26 bits per heavy atom. The quantitative estimate of drug-likeness (QED) is 0.578. The Bertz CT molecular complexity index is 876. The van der Waals surface area contributed by atoms with Gasteiger partial charge in [0, 0.05) is 23.0 Å². The van der Waals surface area contributed by atoms with Crippen molar-refractivity contribution in [1.82, 2.24) is 15.3 Å². The van der Waals surface area contributed by atoms with Gasteiger partial charge in [0.2, 0.25) is 11.8 Å². The predicted molar refractivity (Wildman–Crippen MR) is 104 cm³/mol. The Kier molecular flexibility index (Phi) is 6.84. The van der Waals surface area contributed by atoms with Gasteiger partial charge < -0.3 is 21.4 Å². The molecule has 0 unspecified atom stereocenters. The van der Waals surface area contributed by atoms with Crippen molar-refractivity contribution in [2.45, 2.75) is 33.2 Å². The first-order chi connectivity index (χ1) is 12.8. The number of nitrogens with two attached hydrogens (primary N) is 1. The summed E-state index contributed by atoms with van der Waals surface area (Å²) >= 11 is 0. The number of benzene rings is 1. The lowest BCUT2D eigenvalue weighted by Gasteiger charge is -2.15. The molecule has 1 aromatic heterocycles. The molecule has 5 N–H and O–H groups in total. The number of amides is 2.